The monoisotopic (exact) mass is 222 g/mol. The Morgan fingerprint density at radius 3 is 2.92 bits per heavy atom. The van der Waals surface area contributed by atoms with E-state index in [0.29, 0.717) is 0 Å². The van der Waals surface area contributed by atoms with Gasteiger partial charge in [0.1, 0.15) is 6.54 Å². The second-order valence-electron chi connectivity index (χ2n) is 2.15. The zero-order valence-electron chi connectivity index (χ0n) is 6.37. The number of nitrogens with zero attached hydrogens (tertiary/aromatic N) is 2. The summed E-state index contributed by atoms with van der Waals surface area (Å²) in [6, 6.07) is 9.68. The molecule has 1 rings (SSSR count). The maximum absolute atomic E-state index is 8.24. The number of aliphatic imine (C=N–C) groups is 1. The third-order valence-electron chi connectivity index (χ3n) is 1.30. The van der Waals surface area contributed by atoms with Crippen molar-refractivity contribution in [2.24, 2.45) is 4.99 Å². The second kappa shape index (κ2) is 4.68. The normalized spacial score (nSPS) is 10.0. The number of rotatable bonds is 2. The van der Waals surface area contributed by atoms with E-state index >= 15 is 0 Å². The summed E-state index contributed by atoms with van der Waals surface area (Å²) in [5, 5.41) is 8.24. The quantitative estimate of drug-likeness (QED) is 0.560. The summed E-state index contributed by atoms with van der Waals surface area (Å²) in [6.07, 6.45) is 1.69. The molecule has 0 saturated heterocycles. The summed E-state index contributed by atoms with van der Waals surface area (Å²) in [4.78, 5) is 3.90. The summed E-state index contributed by atoms with van der Waals surface area (Å²) < 4.78 is 0.992. The molecule has 0 radical (unpaired) electrons. The first-order chi connectivity index (χ1) is 5.84. The molecule has 0 fully saturated rings. The van der Waals surface area contributed by atoms with Crippen LogP contribution in [0.4, 0.5) is 0 Å². The highest BCUT2D eigenvalue weighted by Gasteiger charge is 1.91. The van der Waals surface area contributed by atoms with Gasteiger partial charge in [-0.25, -0.2) is 0 Å². The minimum atomic E-state index is 0.210. The molecule has 0 aliphatic rings. The highest BCUT2D eigenvalue weighted by Crippen LogP contribution is 2.13. The van der Waals surface area contributed by atoms with Crippen molar-refractivity contribution in [3.63, 3.8) is 0 Å². The van der Waals surface area contributed by atoms with Crippen LogP contribution < -0.4 is 0 Å². The van der Waals surface area contributed by atoms with Crippen molar-refractivity contribution in [1.29, 1.82) is 5.26 Å². The second-order valence-corrected chi connectivity index (χ2v) is 3.00. The average Bonchev–Trinajstić information content (AvgIpc) is 2.09. The van der Waals surface area contributed by atoms with E-state index in [1.165, 1.54) is 0 Å². The minimum Gasteiger partial charge on any atom is -0.277 e. The van der Waals surface area contributed by atoms with E-state index < -0.39 is 0 Å². The van der Waals surface area contributed by atoms with Crippen LogP contribution in [0, 0.1) is 11.3 Å². The first kappa shape index (κ1) is 8.95. The van der Waals surface area contributed by atoms with Gasteiger partial charge in [0.15, 0.2) is 0 Å². The van der Waals surface area contributed by atoms with Gasteiger partial charge in [0.05, 0.1) is 6.07 Å². The molecular formula is C9H7BrN2. The number of hydrogen-bond acceptors (Lipinski definition) is 2. The van der Waals surface area contributed by atoms with E-state index in [4.69, 9.17) is 5.26 Å². The van der Waals surface area contributed by atoms with Crippen LogP contribution in [0.3, 0.4) is 0 Å². The molecule has 0 unspecified atom stereocenters. The fourth-order valence-electron chi connectivity index (χ4n) is 0.765. The average molecular weight is 223 g/mol. The smallest absolute Gasteiger partial charge is 0.126 e. The lowest BCUT2D eigenvalue weighted by atomic mass is 10.2. The number of benzene rings is 1. The maximum atomic E-state index is 8.24. The van der Waals surface area contributed by atoms with Crippen LogP contribution in [0.15, 0.2) is 33.7 Å². The van der Waals surface area contributed by atoms with Crippen molar-refractivity contribution < 1.29 is 0 Å². The van der Waals surface area contributed by atoms with E-state index in [0.717, 1.165) is 10.0 Å². The van der Waals surface area contributed by atoms with Crippen molar-refractivity contribution in [2.75, 3.05) is 6.54 Å². The van der Waals surface area contributed by atoms with Crippen LogP contribution in [0.5, 0.6) is 0 Å². The highest BCUT2D eigenvalue weighted by atomic mass is 79.9. The van der Waals surface area contributed by atoms with Gasteiger partial charge >= 0.3 is 0 Å². The zero-order chi connectivity index (χ0) is 8.81. The van der Waals surface area contributed by atoms with Gasteiger partial charge in [0.2, 0.25) is 0 Å². The fourth-order valence-corrected chi connectivity index (χ4v) is 1.15. The number of halogens is 1. The van der Waals surface area contributed by atoms with Crippen molar-refractivity contribution in [1.82, 2.24) is 0 Å². The Kier molecular flexibility index (Phi) is 3.49. The maximum Gasteiger partial charge on any atom is 0.126 e. The summed E-state index contributed by atoms with van der Waals surface area (Å²) in [5.41, 5.74) is 0.993. The molecule has 0 bridgehead atoms. The molecule has 0 aliphatic heterocycles. The SMILES string of the molecule is N#CCN=Cc1ccccc1Br. The molecule has 3 heteroatoms. The van der Waals surface area contributed by atoms with Gasteiger partial charge in [0.25, 0.3) is 0 Å². The molecule has 0 N–H and O–H groups in total. The molecule has 0 aromatic heterocycles. The van der Waals surface area contributed by atoms with Crippen molar-refractivity contribution in [2.45, 2.75) is 0 Å². The van der Waals surface area contributed by atoms with E-state index in [9.17, 15) is 0 Å². The Morgan fingerprint density at radius 1 is 1.50 bits per heavy atom. The summed E-state index contributed by atoms with van der Waals surface area (Å²) in [7, 11) is 0. The van der Waals surface area contributed by atoms with Crippen molar-refractivity contribution in [3.05, 3.63) is 34.3 Å². The third kappa shape index (κ3) is 2.48. The predicted octanol–water partition coefficient (Wildman–Crippen LogP) is 2.39. The van der Waals surface area contributed by atoms with E-state index in [1.54, 1.807) is 6.21 Å². The van der Waals surface area contributed by atoms with Gasteiger partial charge in [-0.3, -0.25) is 4.99 Å². The predicted molar refractivity (Wildman–Crippen MR) is 52.2 cm³/mol. The lowest BCUT2D eigenvalue weighted by molar-refractivity contribution is 1.25. The Labute approximate surface area is 79.7 Å². The van der Waals surface area contributed by atoms with Crippen molar-refractivity contribution >= 4 is 22.1 Å². The largest absolute Gasteiger partial charge is 0.277 e. The standard InChI is InChI=1S/C9H7BrN2/c10-9-4-2-1-3-8(9)7-12-6-5-11/h1-4,7H,6H2. The molecule has 60 valence electrons. The van der Waals surface area contributed by atoms with Gasteiger partial charge in [-0.1, -0.05) is 34.1 Å². The molecule has 0 atom stereocenters. The molecule has 0 heterocycles. The molecule has 1 aromatic carbocycles. The third-order valence-corrected chi connectivity index (χ3v) is 2.02. The lowest BCUT2D eigenvalue weighted by Gasteiger charge is -1.94. The Morgan fingerprint density at radius 2 is 2.25 bits per heavy atom. The highest BCUT2D eigenvalue weighted by molar-refractivity contribution is 9.10. The first-order valence-corrected chi connectivity index (χ1v) is 4.25. The summed E-state index contributed by atoms with van der Waals surface area (Å²) in [6.45, 7) is 0.210. The van der Waals surface area contributed by atoms with Crippen LogP contribution in [0.2, 0.25) is 0 Å². The van der Waals surface area contributed by atoms with Crippen LogP contribution in [0.1, 0.15) is 5.56 Å². The van der Waals surface area contributed by atoms with Crippen LogP contribution >= 0.6 is 15.9 Å². The molecule has 2 nitrogen and oxygen atoms in total. The molecular weight excluding hydrogens is 216 g/mol. The van der Waals surface area contributed by atoms with Crippen molar-refractivity contribution in [3.8, 4) is 6.07 Å². The number of hydrogen-bond donors (Lipinski definition) is 0. The first-order valence-electron chi connectivity index (χ1n) is 3.46. The molecule has 0 aliphatic carbocycles. The molecule has 0 spiro atoms. The van der Waals surface area contributed by atoms with Gasteiger partial charge in [-0.15, -0.1) is 0 Å². The van der Waals surface area contributed by atoms with Gasteiger partial charge < -0.3 is 0 Å². The minimum absolute atomic E-state index is 0.210. The molecule has 12 heavy (non-hydrogen) atoms. The zero-order valence-corrected chi connectivity index (χ0v) is 7.95. The number of nitriles is 1. The van der Waals surface area contributed by atoms with Crippen LogP contribution in [-0.2, 0) is 0 Å². The topological polar surface area (TPSA) is 36.1 Å². The van der Waals surface area contributed by atoms with Crippen LogP contribution in [-0.4, -0.2) is 12.8 Å². The molecule has 0 amide bonds. The van der Waals surface area contributed by atoms with E-state index in [2.05, 4.69) is 20.9 Å². The Bertz CT molecular complexity index is 326. The van der Waals surface area contributed by atoms with E-state index in [1.807, 2.05) is 30.3 Å². The fraction of sp³-hybridized carbons (Fsp3) is 0.111. The lowest BCUT2D eigenvalue weighted by Crippen LogP contribution is -1.83. The van der Waals surface area contributed by atoms with E-state index in [-0.39, 0.29) is 6.54 Å². The van der Waals surface area contributed by atoms with Gasteiger partial charge in [-0.05, 0) is 6.07 Å². The van der Waals surface area contributed by atoms with Gasteiger partial charge in [0, 0.05) is 16.3 Å². The summed E-state index contributed by atoms with van der Waals surface area (Å²) in [5.74, 6) is 0. The molecule has 0 saturated carbocycles. The Balaban J connectivity index is 2.77. The van der Waals surface area contributed by atoms with Gasteiger partial charge in [-0.2, -0.15) is 5.26 Å². The summed E-state index contributed by atoms with van der Waals surface area (Å²) >= 11 is 3.37. The van der Waals surface area contributed by atoms with Crippen LogP contribution in [0.25, 0.3) is 0 Å². The molecule has 1 aromatic rings. The Hall–Kier alpha value is -1.14.